The topological polar surface area (TPSA) is 47.1 Å². The predicted octanol–water partition coefficient (Wildman–Crippen LogP) is 6.36. The number of nitrogens with one attached hydrogen (secondary N) is 1. The standard InChI is InChI=1S/C24H25ClN2O2/c1-3-28-18(2)23(29-17-19-11-13-21(25)14-12-19)10-6-4-5-8-20-16-27-24-22(20)9-7-15-26-24/h4,6-7,9-16H,2-3,5,8,17H2,1H3,(H,26,27)/b6-4-,23-10+. The van der Waals surface area contributed by atoms with Gasteiger partial charge in [0.05, 0.1) is 6.61 Å². The number of rotatable bonds is 10. The van der Waals surface area contributed by atoms with Crippen LogP contribution in [0.2, 0.25) is 5.02 Å². The second-order valence-electron chi connectivity index (χ2n) is 6.48. The van der Waals surface area contributed by atoms with Gasteiger partial charge in [-0.15, -0.1) is 0 Å². The van der Waals surface area contributed by atoms with Crippen LogP contribution in [0.3, 0.4) is 0 Å². The van der Waals surface area contributed by atoms with Gasteiger partial charge in [-0.05, 0) is 61.2 Å². The quantitative estimate of drug-likeness (QED) is 0.314. The van der Waals surface area contributed by atoms with Gasteiger partial charge in [-0.25, -0.2) is 4.98 Å². The normalized spacial score (nSPS) is 11.9. The van der Waals surface area contributed by atoms with Gasteiger partial charge < -0.3 is 14.5 Å². The summed E-state index contributed by atoms with van der Waals surface area (Å²) >= 11 is 5.93. The third-order valence-corrected chi connectivity index (χ3v) is 4.65. The third kappa shape index (κ3) is 6.00. The Balaban J connectivity index is 1.59. The molecule has 1 N–H and O–H groups in total. The van der Waals surface area contributed by atoms with E-state index in [9.17, 15) is 0 Å². The largest absolute Gasteiger partial charge is 0.491 e. The number of hydrogen-bond donors (Lipinski definition) is 1. The first-order valence-corrected chi connectivity index (χ1v) is 10.0. The number of hydrogen-bond acceptors (Lipinski definition) is 3. The van der Waals surface area contributed by atoms with E-state index >= 15 is 0 Å². The zero-order valence-electron chi connectivity index (χ0n) is 16.5. The number of halogens is 1. The second kappa shape index (κ2) is 10.5. The highest BCUT2D eigenvalue weighted by molar-refractivity contribution is 6.30. The lowest BCUT2D eigenvalue weighted by atomic mass is 10.1. The Bertz CT molecular complexity index is 1000. The average molecular weight is 409 g/mol. The molecule has 4 nitrogen and oxygen atoms in total. The molecule has 3 rings (SSSR count). The molecule has 3 aromatic rings. The van der Waals surface area contributed by atoms with Gasteiger partial charge in [0.25, 0.3) is 0 Å². The molecular weight excluding hydrogens is 384 g/mol. The van der Waals surface area contributed by atoms with E-state index in [0.29, 0.717) is 29.8 Å². The van der Waals surface area contributed by atoms with Crippen LogP contribution in [-0.4, -0.2) is 16.6 Å². The van der Waals surface area contributed by atoms with Crippen molar-refractivity contribution in [3.63, 3.8) is 0 Å². The Morgan fingerprint density at radius 1 is 1.21 bits per heavy atom. The van der Waals surface area contributed by atoms with E-state index in [0.717, 1.165) is 24.1 Å². The summed E-state index contributed by atoms with van der Waals surface area (Å²) in [7, 11) is 0. The summed E-state index contributed by atoms with van der Waals surface area (Å²) in [5.74, 6) is 1.14. The number of aromatic nitrogens is 2. The Labute approximate surface area is 176 Å². The summed E-state index contributed by atoms with van der Waals surface area (Å²) in [5, 5.41) is 1.88. The number of ether oxygens (including phenoxy) is 2. The maximum Gasteiger partial charge on any atom is 0.161 e. The van der Waals surface area contributed by atoms with E-state index in [2.05, 4.69) is 28.7 Å². The molecule has 1 aromatic carbocycles. The van der Waals surface area contributed by atoms with Gasteiger partial charge in [0.15, 0.2) is 11.5 Å². The lowest BCUT2D eigenvalue weighted by Gasteiger charge is -2.13. The summed E-state index contributed by atoms with van der Waals surface area (Å²) in [6, 6.07) is 11.6. The third-order valence-electron chi connectivity index (χ3n) is 4.40. The number of nitrogens with zero attached hydrogens (tertiary/aromatic N) is 1. The van der Waals surface area contributed by atoms with Crippen LogP contribution >= 0.6 is 11.6 Å². The predicted molar refractivity (Wildman–Crippen MR) is 119 cm³/mol. The molecule has 0 spiro atoms. The molecule has 0 fully saturated rings. The highest BCUT2D eigenvalue weighted by Crippen LogP contribution is 2.18. The first-order valence-electron chi connectivity index (χ1n) is 9.64. The molecule has 0 bridgehead atoms. The molecule has 0 amide bonds. The van der Waals surface area contributed by atoms with Gasteiger partial charge in [-0.2, -0.15) is 0 Å². The summed E-state index contributed by atoms with van der Waals surface area (Å²) in [6.07, 6.45) is 11.6. The minimum Gasteiger partial charge on any atom is -0.491 e. The van der Waals surface area contributed by atoms with Crippen LogP contribution in [0, 0.1) is 0 Å². The molecule has 5 heteroatoms. The molecule has 150 valence electrons. The zero-order valence-corrected chi connectivity index (χ0v) is 17.3. The van der Waals surface area contributed by atoms with Crippen molar-refractivity contribution >= 4 is 22.6 Å². The van der Waals surface area contributed by atoms with Crippen molar-refractivity contribution < 1.29 is 9.47 Å². The highest BCUT2D eigenvalue weighted by atomic mass is 35.5. The van der Waals surface area contributed by atoms with Crippen LogP contribution in [0.5, 0.6) is 0 Å². The van der Waals surface area contributed by atoms with E-state index in [1.807, 2.05) is 55.6 Å². The molecule has 0 aliphatic carbocycles. The van der Waals surface area contributed by atoms with E-state index in [1.165, 1.54) is 10.9 Å². The number of allylic oxidation sites excluding steroid dienone is 3. The Hall–Kier alpha value is -2.98. The van der Waals surface area contributed by atoms with Crippen molar-refractivity contribution in [1.29, 1.82) is 0 Å². The molecule has 0 aliphatic rings. The van der Waals surface area contributed by atoms with Gasteiger partial charge in [-0.3, -0.25) is 0 Å². The van der Waals surface area contributed by atoms with Crippen LogP contribution < -0.4 is 0 Å². The second-order valence-corrected chi connectivity index (χ2v) is 6.92. The highest BCUT2D eigenvalue weighted by Gasteiger charge is 2.05. The lowest BCUT2D eigenvalue weighted by Crippen LogP contribution is -2.00. The van der Waals surface area contributed by atoms with Gasteiger partial charge in [0.2, 0.25) is 0 Å². The molecular formula is C24H25ClN2O2. The van der Waals surface area contributed by atoms with Gasteiger partial charge in [0, 0.05) is 22.8 Å². The molecule has 0 unspecified atom stereocenters. The summed E-state index contributed by atoms with van der Waals surface area (Å²) in [6.45, 7) is 6.85. The van der Waals surface area contributed by atoms with Gasteiger partial charge in [-0.1, -0.05) is 42.5 Å². The van der Waals surface area contributed by atoms with Gasteiger partial charge >= 0.3 is 0 Å². The number of pyridine rings is 1. The maximum atomic E-state index is 5.93. The minimum atomic E-state index is 0.422. The van der Waals surface area contributed by atoms with E-state index < -0.39 is 0 Å². The Morgan fingerprint density at radius 2 is 2.03 bits per heavy atom. The maximum absolute atomic E-state index is 5.93. The summed E-state index contributed by atoms with van der Waals surface area (Å²) in [4.78, 5) is 7.53. The van der Waals surface area contributed by atoms with Crippen LogP contribution in [0.4, 0.5) is 0 Å². The van der Waals surface area contributed by atoms with Crippen molar-refractivity contribution in [1.82, 2.24) is 9.97 Å². The average Bonchev–Trinajstić information content (AvgIpc) is 3.14. The SMILES string of the molecule is C=C(OCC)/C(=C\C=C/CCc1c[nH]c2ncccc12)OCc1ccc(Cl)cc1. The summed E-state index contributed by atoms with van der Waals surface area (Å²) < 4.78 is 11.4. The first kappa shape index (κ1) is 20.7. The fraction of sp³-hybridized carbons (Fsp3) is 0.208. The number of benzene rings is 1. The fourth-order valence-corrected chi connectivity index (χ4v) is 3.04. The van der Waals surface area contributed by atoms with Gasteiger partial charge in [0.1, 0.15) is 12.3 Å². The molecule has 0 radical (unpaired) electrons. The molecule has 29 heavy (non-hydrogen) atoms. The lowest BCUT2D eigenvalue weighted by molar-refractivity contribution is 0.150. The fourth-order valence-electron chi connectivity index (χ4n) is 2.92. The molecule has 0 aliphatic heterocycles. The van der Waals surface area contributed by atoms with Crippen LogP contribution in [0.15, 0.2) is 85.1 Å². The van der Waals surface area contributed by atoms with E-state index in [4.69, 9.17) is 21.1 Å². The summed E-state index contributed by atoms with van der Waals surface area (Å²) in [5.41, 5.74) is 3.22. The van der Waals surface area contributed by atoms with Crippen LogP contribution in [0.25, 0.3) is 11.0 Å². The van der Waals surface area contributed by atoms with E-state index in [1.54, 1.807) is 6.20 Å². The van der Waals surface area contributed by atoms with Crippen molar-refractivity contribution in [2.24, 2.45) is 0 Å². The Kier molecular flexibility index (Phi) is 7.54. The Morgan fingerprint density at radius 3 is 2.83 bits per heavy atom. The number of aromatic amines is 1. The van der Waals surface area contributed by atoms with Crippen molar-refractivity contribution in [2.75, 3.05) is 6.61 Å². The first-order chi connectivity index (χ1) is 14.2. The molecule has 0 saturated heterocycles. The number of H-pyrrole nitrogens is 1. The van der Waals surface area contributed by atoms with Crippen LogP contribution in [0.1, 0.15) is 24.5 Å². The van der Waals surface area contributed by atoms with Crippen molar-refractivity contribution in [3.05, 3.63) is 101 Å². The number of fused-ring (bicyclic) bond motifs is 1. The molecule has 2 aromatic heterocycles. The monoisotopic (exact) mass is 408 g/mol. The van der Waals surface area contributed by atoms with Crippen LogP contribution in [-0.2, 0) is 22.5 Å². The van der Waals surface area contributed by atoms with Crippen molar-refractivity contribution in [3.8, 4) is 0 Å². The van der Waals surface area contributed by atoms with Crippen molar-refractivity contribution in [2.45, 2.75) is 26.4 Å². The molecule has 2 heterocycles. The minimum absolute atomic E-state index is 0.422. The zero-order chi connectivity index (χ0) is 20.5. The molecule has 0 atom stereocenters. The van der Waals surface area contributed by atoms with E-state index in [-0.39, 0.29) is 0 Å². The smallest absolute Gasteiger partial charge is 0.161 e. The number of aryl methyl sites for hydroxylation is 1. The molecule has 0 saturated carbocycles.